The molecule has 144 valence electrons. The van der Waals surface area contributed by atoms with Crippen LogP contribution in [0, 0.1) is 0 Å². The Kier molecular flexibility index (Phi) is 7.79. The number of amides is 3. The third kappa shape index (κ3) is 6.09. The van der Waals surface area contributed by atoms with Gasteiger partial charge in [-0.15, -0.1) is 0 Å². The second-order valence-corrected chi connectivity index (χ2v) is 6.44. The number of hydrogen-bond acceptors (Lipinski definition) is 3. The maximum absolute atomic E-state index is 12.6. The van der Waals surface area contributed by atoms with Gasteiger partial charge in [-0.05, 0) is 56.2 Å². The SMILES string of the molecule is CCCN(CCC)C(=O)c1ccc(NC(=O)NC(C)c2ccccn2)cc1. The fourth-order valence-corrected chi connectivity index (χ4v) is 2.80. The predicted octanol–water partition coefficient (Wildman–Crippen LogP) is 4.23. The molecular weight excluding hydrogens is 340 g/mol. The molecule has 2 rings (SSSR count). The van der Waals surface area contributed by atoms with E-state index in [2.05, 4.69) is 29.5 Å². The number of nitrogens with one attached hydrogen (secondary N) is 2. The molecule has 1 atom stereocenters. The first-order valence-corrected chi connectivity index (χ1v) is 9.43. The van der Waals surface area contributed by atoms with Gasteiger partial charge in [-0.25, -0.2) is 4.79 Å². The maximum Gasteiger partial charge on any atom is 0.319 e. The summed E-state index contributed by atoms with van der Waals surface area (Å²) >= 11 is 0. The van der Waals surface area contributed by atoms with E-state index in [4.69, 9.17) is 0 Å². The molecule has 0 saturated carbocycles. The molecule has 6 nitrogen and oxygen atoms in total. The number of carbonyl (C=O) groups excluding carboxylic acids is 2. The average molecular weight is 368 g/mol. The maximum atomic E-state index is 12.6. The first kappa shape index (κ1) is 20.4. The van der Waals surface area contributed by atoms with E-state index < -0.39 is 0 Å². The van der Waals surface area contributed by atoms with Crippen LogP contribution in [0.5, 0.6) is 0 Å². The van der Waals surface area contributed by atoms with Crippen LogP contribution >= 0.6 is 0 Å². The Morgan fingerprint density at radius 1 is 1.04 bits per heavy atom. The van der Waals surface area contributed by atoms with Gasteiger partial charge in [0.2, 0.25) is 0 Å². The number of benzene rings is 1. The van der Waals surface area contributed by atoms with Gasteiger partial charge in [-0.2, -0.15) is 0 Å². The zero-order chi connectivity index (χ0) is 19.6. The smallest absolute Gasteiger partial charge is 0.319 e. The van der Waals surface area contributed by atoms with Gasteiger partial charge < -0.3 is 15.5 Å². The monoisotopic (exact) mass is 368 g/mol. The number of urea groups is 1. The molecule has 1 aromatic carbocycles. The third-order valence-corrected chi connectivity index (χ3v) is 4.14. The van der Waals surface area contributed by atoms with Gasteiger partial charge in [-0.3, -0.25) is 9.78 Å². The van der Waals surface area contributed by atoms with Crippen molar-refractivity contribution >= 4 is 17.6 Å². The van der Waals surface area contributed by atoms with Gasteiger partial charge in [-0.1, -0.05) is 19.9 Å². The third-order valence-electron chi connectivity index (χ3n) is 4.14. The fourth-order valence-electron chi connectivity index (χ4n) is 2.80. The molecule has 1 heterocycles. The second kappa shape index (κ2) is 10.3. The molecule has 0 fully saturated rings. The van der Waals surface area contributed by atoms with Crippen LogP contribution in [-0.2, 0) is 0 Å². The predicted molar refractivity (Wildman–Crippen MR) is 108 cm³/mol. The lowest BCUT2D eigenvalue weighted by Crippen LogP contribution is -2.32. The minimum atomic E-state index is -0.314. The highest BCUT2D eigenvalue weighted by Gasteiger charge is 2.15. The molecule has 1 unspecified atom stereocenters. The summed E-state index contributed by atoms with van der Waals surface area (Å²) in [5.41, 5.74) is 2.06. The summed E-state index contributed by atoms with van der Waals surface area (Å²) in [5, 5.41) is 5.63. The van der Waals surface area contributed by atoms with E-state index in [-0.39, 0.29) is 18.0 Å². The van der Waals surface area contributed by atoms with Crippen LogP contribution in [0.25, 0.3) is 0 Å². The van der Waals surface area contributed by atoms with Crippen molar-refractivity contribution in [2.24, 2.45) is 0 Å². The van der Waals surface area contributed by atoms with Crippen molar-refractivity contribution in [3.63, 3.8) is 0 Å². The highest BCUT2D eigenvalue weighted by atomic mass is 16.2. The van der Waals surface area contributed by atoms with Gasteiger partial charge in [0.25, 0.3) is 5.91 Å². The topological polar surface area (TPSA) is 74.3 Å². The molecule has 0 aliphatic carbocycles. The first-order valence-electron chi connectivity index (χ1n) is 9.43. The average Bonchev–Trinajstić information content (AvgIpc) is 2.68. The number of hydrogen-bond donors (Lipinski definition) is 2. The highest BCUT2D eigenvalue weighted by molar-refractivity contribution is 5.95. The Morgan fingerprint density at radius 3 is 2.26 bits per heavy atom. The van der Waals surface area contributed by atoms with Crippen molar-refractivity contribution in [3.05, 3.63) is 59.9 Å². The Labute approximate surface area is 161 Å². The van der Waals surface area contributed by atoms with Gasteiger partial charge in [0.05, 0.1) is 11.7 Å². The fraction of sp³-hybridized carbons (Fsp3) is 0.381. The number of pyridine rings is 1. The summed E-state index contributed by atoms with van der Waals surface area (Å²) in [5.74, 6) is 0.0264. The number of anilines is 1. The van der Waals surface area contributed by atoms with Gasteiger partial charge in [0.1, 0.15) is 0 Å². The van der Waals surface area contributed by atoms with Crippen molar-refractivity contribution < 1.29 is 9.59 Å². The van der Waals surface area contributed by atoms with E-state index in [1.807, 2.05) is 30.0 Å². The Morgan fingerprint density at radius 2 is 1.70 bits per heavy atom. The lowest BCUT2D eigenvalue weighted by atomic mass is 10.1. The summed E-state index contributed by atoms with van der Waals surface area (Å²) < 4.78 is 0. The normalized spacial score (nSPS) is 11.5. The highest BCUT2D eigenvalue weighted by Crippen LogP contribution is 2.13. The number of rotatable bonds is 8. The van der Waals surface area contributed by atoms with Crippen molar-refractivity contribution in [1.82, 2.24) is 15.2 Å². The van der Waals surface area contributed by atoms with Crippen LogP contribution in [0.3, 0.4) is 0 Å². The minimum absolute atomic E-state index is 0.0264. The molecule has 0 bridgehead atoms. The van der Waals surface area contributed by atoms with E-state index in [1.165, 1.54) is 0 Å². The lowest BCUT2D eigenvalue weighted by molar-refractivity contribution is 0.0755. The summed E-state index contributed by atoms with van der Waals surface area (Å²) in [6.07, 6.45) is 3.56. The lowest BCUT2D eigenvalue weighted by Gasteiger charge is -2.21. The molecule has 6 heteroatoms. The van der Waals surface area contributed by atoms with Crippen LogP contribution in [-0.4, -0.2) is 34.9 Å². The van der Waals surface area contributed by atoms with Crippen LogP contribution in [0.4, 0.5) is 10.5 Å². The summed E-state index contributed by atoms with van der Waals surface area (Å²) in [4.78, 5) is 30.8. The molecule has 27 heavy (non-hydrogen) atoms. The first-order chi connectivity index (χ1) is 13.0. The Bertz CT molecular complexity index is 726. The van der Waals surface area contributed by atoms with Crippen molar-refractivity contribution in [3.8, 4) is 0 Å². The number of aromatic nitrogens is 1. The van der Waals surface area contributed by atoms with E-state index >= 15 is 0 Å². The number of nitrogens with zero attached hydrogens (tertiary/aromatic N) is 2. The molecule has 0 aliphatic heterocycles. The van der Waals surface area contributed by atoms with Gasteiger partial charge in [0.15, 0.2) is 0 Å². The molecule has 2 N–H and O–H groups in total. The standard InChI is InChI=1S/C21H28N4O2/c1-4-14-25(15-5-2)20(26)17-9-11-18(12-10-17)24-21(27)23-16(3)19-8-6-7-13-22-19/h6-13,16H,4-5,14-15H2,1-3H3,(H2,23,24,27). The van der Waals surface area contributed by atoms with Crippen LogP contribution in [0.1, 0.15) is 55.7 Å². The summed E-state index contributed by atoms with van der Waals surface area (Å²) in [6, 6.07) is 12.0. The molecule has 0 saturated heterocycles. The van der Waals surface area contributed by atoms with E-state index in [0.29, 0.717) is 11.3 Å². The molecule has 1 aromatic heterocycles. The van der Waals surface area contributed by atoms with Crippen molar-refractivity contribution in [2.45, 2.75) is 39.7 Å². The summed E-state index contributed by atoms with van der Waals surface area (Å²) in [7, 11) is 0. The quantitative estimate of drug-likeness (QED) is 0.732. The summed E-state index contributed by atoms with van der Waals surface area (Å²) in [6.45, 7) is 7.50. The van der Waals surface area contributed by atoms with Crippen LogP contribution < -0.4 is 10.6 Å². The van der Waals surface area contributed by atoms with E-state index in [9.17, 15) is 9.59 Å². The van der Waals surface area contributed by atoms with E-state index in [0.717, 1.165) is 31.6 Å². The molecular formula is C21H28N4O2. The van der Waals surface area contributed by atoms with E-state index in [1.54, 1.807) is 30.5 Å². The Hall–Kier alpha value is -2.89. The minimum Gasteiger partial charge on any atom is -0.339 e. The number of carbonyl (C=O) groups is 2. The van der Waals surface area contributed by atoms with Crippen molar-refractivity contribution in [2.75, 3.05) is 18.4 Å². The molecule has 2 aromatic rings. The van der Waals surface area contributed by atoms with Crippen LogP contribution in [0.2, 0.25) is 0 Å². The molecule has 0 aliphatic rings. The van der Waals surface area contributed by atoms with Crippen LogP contribution in [0.15, 0.2) is 48.7 Å². The molecule has 3 amide bonds. The van der Waals surface area contributed by atoms with Gasteiger partial charge in [0, 0.05) is 30.5 Å². The Balaban J connectivity index is 1.94. The zero-order valence-electron chi connectivity index (χ0n) is 16.2. The largest absolute Gasteiger partial charge is 0.339 e. The second-order valence-electron chi connectivity index (χ2n) is 6.44. The zero-order valence-corrected chi connectivity index (χ0v) is 16.2. The van der Waals surface area contributed by atoms with Gasteiger partial charge >= 0.3 is 6.03 Å². The molecule has 0 radical (unpaired) electrons. The molecule has 0 spiro atoms. The van der Waals surface area contributed by atoms with Crippen molar-refractivity contribution in [1.29, 1.82) is 0 Å².